The Bertz CT molecular complexity index is 329. The van der Waals surface area contributed by atoms with Gasteiger partial charge in [-0.05, 0) is 26.7 Å². The number of rotatable bonds is 10. The number of likely N-dealkylation sites (N-methyl/N-ethyl adjacent to an activating group) is 1. The Hall–Kier alpha value is -1.26. The van der Waals surface area contributed by atoms with Gasteiger partial charge in [0.25, 0.3) is 0 Å². The van der Waals surface area contributed by atoms with Crippen molar-refractivity contribution < 1.29 is 4.79 Å². The topological polar surface area (TPSA) is 56.7 Å². The lowest BCUT2D eigenvalue weighted by Gasteiger charge is -2.21. The van der Waals surface area contributed by atoms with Crippen molar-refractivity contribution in [3.63, 3.8) is 0 Å². The number of aliphatic imine (C=N–C) groups is 1. The number of carbonyl (C=O) groups is 1. The molecule has 1 amide bonds. The summed E-state index contributed by atoms with van der Waals surface area (Å²) in [4.78, 5) is 17.7. The van der Waals surface area contributed by atoms with Crippen LogP contribution in [0.3, 0.4) is 0 Å². The first kappa shape index (κ1) is 20.7. The molecule has 0 aliphatic carbocycles. The van der Waals surface area contributed by atoms with E-state index in [-0.39, 0.29) is 12.5 Å². The lowest BCUT2D eigenvalue weighted by Crippen LogP contribution is -2.46. The Morgan fingerprint density at radius 1 is 1.05 bits per heavy atom. The van der Waals surface area contributed by atoms with Crippen LogP contribution < -0.4 is 10.6 Å². The molecule has 0 aromatic rings. The van der Waals surface area contributed by atoms with E-state index in [1.807, 2.05) is 0 Å². The van der Waals surface area contributed by atoms with Gasteiger partial charge in [-0.3, -0.25) is 4.79 Å². The third-order valence-electron chi connectivity index (χ3n) is 3.74. The maximum Gasteiger partial charge on any atom is 0.243 e. The Morgan fingerprint density at radius 3 is 2.23 bits per heavy atom. The molecule has 0 aromatic carbocycles. The second-order valence-electron chi connectivity index (χ2n) is 6.30. The van der Waals surface area contributed by atoms with Crippen LogP contribution in [0.2, 0.25) is 0 Å². The predicted molar refractivity (Wildman–Crippen MR) is 95.2 cm³/mol. The molecule has 130 valence electrons. The van der Waals surface area contributed by atoms with Crippen LogP contribution in [0.1, 0.15) is 66.2 Å². The van der Waals surface area contributed by atoms with Crippen molar-refractivity contribution in [2.45, 2.75) is 78.3 Å². The fourth-order valence-electron chi connectivity index (χ4n) is 1.94. The quantitative estimate of drug-likeness (QED) is 0.370. The number of hydrogen-bond donors (Lipinski definition) is 2. The highest BCUT2D eigenvalue weighted by molar-refractivity contribution is 5.85. The van der Waals surface area contributed by atoms with Crippen molar-refractivity contribution in [1.82, 2.24) is 15.5 Å². The standard InChI is InChI=1S/C17H36N4O/c1-7-9-10-11-12-15(4)20-17(19-14(3)8-2)18-13-16(22)21(5)6/h14-15H,7-13H2,1-6H3,(H2,18,19,20). The van der Waals surface area contributed by atoms with E-state index in [1.54, 1.807) is 19.0 Å². The molecule has 0 aliphatic heterocycles. The normalized spacial score (nSPS) is 14.4. The average molecular weight is 313 g/mol. The summed E-state index contributed by atoms with van der Waals surface area (Å²) in [6.07, 6.45) is 7.23. The summed E-state index contributed by atoms with van der Waals surface area (Å²) in [7, 11) is 3.51. The smallest absolute Gasteiger partial charge is 0.243 e. The van der Waals surface area contributed by atoms with Crippen molar-refractivity contribution in [3.05, 3.63) is 0 Å². The first-order valence-corrected chi connectivity index (χ1v) is 8.68. The number of carbonyl (C=O) groups excluding carboxylic acids is 1. The Balaban J connectivity index is 4.45. The molecule has 0 saturated carbocycles. The van der Waals surface area contributed by atoms with Crippen molar-refractivity contribution in [2.24, 2.45) is 4.99 Å². The SMILES string of the molecule is CCCCCCC(C)NC(=NCC(=O)N(C)C)NC(C)CC. The van der Waals surface area contributed by atoms with Crippen LogP contribution >= 0.6 is 0 Å². The lowest BCUT2D eigenvalue weighted by molar-refractivity contribution is -0.127. The second kappa shape index (κ2) is 12.3. The molecule has 0 rings (SSSR count). The summed E-state index contributed by atoms with van der Waals surface area (Å²) < 4.78 is 0. The van der Waals surface area contributed by atoms with Gasteiger partial charge in [0.15, 0.2) is 5.96 Å². The molecule has 2 N–H and O–H groups in total. The van der Waals surface area contributed by atoms with E-state index in [1.165, 1.54) is 25.7 Å². The summed E-state index contributed by atoms with van der Waals surface area (Å²) in [5.74, 6) is 0.758. The molecule has 0 fully saturated rings. The van der Waals surface area contributed by atoms with Crippen LogP contribution in [0, 0.1) is 0 Å². The molecule has 0 saturated heterocycles. The second-order valence-corrected chi connectivity index (χ2v) is 6.30. The number of nitrogens with zero attached hydrogens (tertiary/aromatic N) is 2. The Kier molecular flexibility index (Phi) is 11.6. The summed E-state index contributed by atoms with van der Waals surface area (Å²) in [5.41, 5.74) is 0. The van der Waals surface area contributed by atoms with E-state index in [2.05, 4.69) is 43.3 Å². The van der Waals surface area contributed by atoms with Crippen molar-refractivity contribution in [2.75, 3.05) is 20.6 Å². The summed E-state index contributed by atoms with van der Waals surface area (Å²) in [5, 5.41) is 6.78. The molecule has 5 nitrogen and oxygen atoms in total. The number of amides is 1. The number of unbranched alkanes of at least 4 members (excludes halogenated alkanes) is 3. The van der Waals surface area contributed by atoms with Gasteiger partial charge in [0.05, 0.1) is 0 Å². The molecule has 0 bridgehead atoms. The summed E-state index contributed by atoms with van der Waals surface area (Å²) in [6.45, 7) is 8.84. The van der Waals surface area contributed by atoms with Crippen molar-refractivity contribution >= 4 is 11.9 Å². The molecular formula is C17H36N4O. The third kappa shape index (κ3) is 10.5. The van der Waals surface area contributed by atoms with Crippen molar-refractivity contribution in [1.29, 1.82) is 0 Å². The van der Waals surface area contributed by atoms with Crippen LogP contribution in [-0.4, -0.2) is 49.5 Å². The number of nitrogens with one attached hydrogen (secondary N) is 2. The summed E-state index contributed by atoms with van der Waals surface area (Å²) >= 11 is 0. The third-order valence-corrected chi connectivity index (χ3v) is 3.74. The minimum Gasteiger partial charge on any atom is -0.354 e. The fourth-order valence-corrected chi connectivity index (χ4v) is 1.94. The van der Waals surface area contributed by atoms with Crippen LogP contribution in [0.15, 0.2) is 4.99 Å². The lowest BCUT2D eigenvalue weighted by atomic mass is 10.1. The molecule has 5 heteroatoms. The first-order valence-electron chi connectivity index (χ1n) is 8.68. The van der Waals surface area contributed by atoms with E-state index < -0.39 is 0 Å². The van der Waals surface area contributed by atoms with Gasteiger partial charge in [-0.15, -0.1) is 0 Å². The monoisotopic (exact) mass is 312 g/mol. The minimum absolute atomic E-state index is 0.0147. The minimum atomic E-state index is 0.0147. The highest BCUT2D eigenvalue weighted by atomic mass is 16.2. The van der Waals surface area contributed by atoms with Gasteiger partial charge in [-0.1, -0.05) is 39.5 Å². The molecule has 2 atom stereocenters. The molecule has 0 aliphatic rings. The van der Waals surface area contributed by atoms with Gasteiger partial charge in [-0.2, -0.15) is 0 Å². The van der Waals surface area contributed by atoms with Gasteiger partial charge in [-0.25, -0.2) is 4.99 Å². The Labute approximate surface area is 136 Å². The molecular weight excluding hydrogens is 276 g/mol. The van der Waals surface area contributed by atoms with Gasteiger partial charge >= 0.3 is 0 Å². The maximum atomic E-state index is 11.7. The highest BCUT2D eigenvalue weighted by Crippen LogP contribution is 2.05. The van der Waals surface area contributed by atoms with Crippen LogP contribution in [0.25, 0.3) is 0 Å². The zero-order chi connectivity index (χ0) is 17.0. The molecule has 0 spiro atoms. The Morgan fingerprint density at radius 2 is 1.68 bits per heavy atom. The van der Waals surface area contributed by atoms with Gasteiger partial charge in [0.1, 0.15) is 6.54 Å². The largest absolute Gasteiger partial charge is 0.354 e. The first-order chi connectivity index (χ1) is 10.4. The molecule has 0 aromatic heterocycles. The number of guanidine groups is 1. The fraction of sp³-hybridized carbons (Fsp3) is 0.882. The van der Waals surface area contributed by atoms with E-state index in [9.17, 15) is 4.79 Å². The molecule has 2 unspecified atom stereocenters. The van der Waals surface area contributed by atoms with E-state index in [0.29, 0.717) is 12.1 Å². The van der Waals surface area contributed by atoms with Gasteiger partial charge in [0, 0.05) is 26.2 Å². The van der Waals surface area contributed by atoms with E-state index >= 15 is 0 Å². The van der Waals surface area contributed by atoms with Crippen LogP contribution in [-0.2, 0) is 4.79 Å². The molecule has 0 heterocycles. The zero-order valence-corrected chi connectivity index (χ0v) is 15.4. The van der Waals surface area contributed by atoms with Gasteiger partial charge < -0.3 is 15.5 Å². The van der Waals surface area contributed by atoms with Crippen LogP contribution in [0.4, 0.5) is 0 Å². The number of hydrogen-bond acceptors (Lipinski definition) is 2. The zero-order valence-electron chi connectivity index (χ0n) is 15.4. The molecule has 0 radical (unpaired) electrons. The van der Waals surface area contributed by atoms with Gasteiger partial charge in [0.2, 0.25) is 5.91 Å². The highest BCUT2D eigenvalue weighted by Gasteiger charge is 2.09. The molecule has 22 heavy (non-hydrogen) atoms. The maximum absolute atomic E-state index is 11.7. The van der Waals surface area contributed by atoms with Crippen LogP contribution in [0.5, 0.6) is 0 Å². The summed E-state index contributed by atoms with van der Waals surface area (Å²) in [6, 6.07) is 0.703. The van der Waals surface area contributed by atoms with Crippen molar-refractivity contribution in [3.8, 4) is 0 Å². The average Bonchev–Trinajstić information content (AvgIpc) is 2.48. The van der Waals surface area contributed by atoms with E-state index in [4.69, 9.17) is 0 Å². The van der Waals surface area contributed by atoms with E-state index in [0.717, 1.165) is 18.8 Å². The predicted octanol–water partition coefficient (Wildman–Crippen LogP) is 2.77.